The molecule has 0 amide bonds. The summed E-state index contributed by atoms with van der Waals surface area (Å²) in [7, 11) is 1.33. The van der Waals surface area contributed by atoms with Gasteiger partial charge in [-0.05, 0) is 25.8 Å². The van der Waals surface area contributed by atoms with E-state index >= 15 is 0 Å². The van der Waals surface area contributed by atoms with E-state index in [4.69, 9.17) is 9.47 Å². The van der Waals surface area contributed by atoms with Gasteiger partial charge in [0, 0.05) is 18.9 Å². The average Bonchev–Trinajstić information content (AvgIpc) is 2.76. The molecule has 1 aromatic rings. The van der Waals surface area contributed by atoms with Crippen LogP contribution in [0.5, 0.6) is 0 Å². The van der Waals surface area contributed by atoms with Gasteiger partial charge in [0.25, 0.3) is 5.56 Å². The van der Waals surface area contributed by atoms with E-state index in [0.29, 0.717) is 24.3 Å². The van der Waals surface area contributed by atoms with Gasteiger partial charge in [-0.1, -0.05) is 0 Å². The summed E-state index contributed by atoms with van der Waals surface area (Å²) in [4.78, 5) is 23.7. The second-order valence-corrected chi connectivity index (χ2v) is 4.87. The highest BCUT2D eigenvalue weighted by Gasteiger charge is 2.33. The molecule has 1 aliphatic heterocycles. The zero-order valence-electron chi connectivity index (χ0n) is 10.9. The number of nitrogens with zero attached hydrogens (tertiary/aromatic N) is 1. The topological polar surface area (TPSA) is 57.5 Å². The molecule has 0 saturated carbocycles. The summed E-state index contributed by atoms with van der Waals surface area (Å²) in [5, 5.41) is 0. The molecule has 5 nitrogen and oxygen atoms in total. The van der Waals surface area contributed by atoms with Crippen molar-refractivity contribution in [3.63, 3.8) is 0 Å². The number of esters is 1. The van der Waals surface area contributed by atoms with Crippen molar-refractivity contribution in [1.82, 2.24) is 4.57 Å². The number of pyridine rings is 1. The van der Waals surface area contributed by atoms with Gasteiger partial charge in [0.2, 0.25) is 0 Å². The number of rotatable bonds is 2. The van der Waals surface area contributed by atoms with Gasteiger partial charge in [-0.25, -0.2) is 4.79 Å². The molecule has 5 heteroatoms. The van der Waals surface area contributed by atoms with Crippen LogP contribution in [-0.2, 0) is 15.0 Å². The highest BCUT2D eigenvalue weighted by molar-refractivity contribution is 5.90. The first-order valence-electron chi connectivity index (χ1n) is 5.88. The molecule has 1 atom stereocenters. The van der Waals surface area contributed by atoms with Crippen molar-refractivity contribution in [2.24, 2.45) is 0 Å². The lowest BCUT2D eigenvalue weighted by Crippen LogP contribution is -2.39. The van der Waals surface area contributed by atoms with Gasteiger partial charge in [0.1, 0.15) is 0 Å². The van der Waals surface area contributed by atoms with Crippen LogP contribution in [0.3, 0.4) is 0 Å². The van der Waals surface area contributed by atoms with Gasteiger partial charge in [-0.15, -0.1) is 0 Å². The lowest BCUT2D eigenvalue weighted by molar-refractivity contribution is 0.0597. The number of hydrogen-bond acceptors (Lipinski definition) is 4. The third-order valence-corrected chi connectivity index (χ3v) is 3.45. The second-order valence-electron chi connectivity index (χ2n) is 4.87. The Morgan fingerprint density at radius 2 is 2.28 bits per heavy atom. The maximum absolute atomic E-state index is 12.1. The van der Waals surface area contributed by atoms with Crippen LogP contribution in [0, 0.1) is 6.92 Å². The normalized spacial score (nSPS) is 23.1. The van der Waals surface area contributed by atoms with Crippen molar-refractivity contribution in [1.29, 1.82) is 0 Å². The first kappa shape index (κ1) is 12.8. The summed E-state index contributed by atoms with van der Waals surface area (Å²) in [6.45, 7) is 4.80. The highest BCUT2D eigenvalue weighted by atomic mass is 16.5. The van der Waals surface area contributed by atoms with Crippen LogP contribution >= 0.6 is 0 Å². The second kappa shape index (κ2) is 4.57. The number of aromatic nitrogens is 1. The monoisotopic (exact) mass is 251 g/mol. The zero-order chi connectivity index (χ0) is 13.3. The molecule has 0 aliphatic carbocycles. The summed E-state index contributed by atoms with van der Waals surface area (Å²) < 4.78 is 11.7. The Bertz CT molecular complexity index is 526. The van der Waals surface area contributed by atoms with E-state index in [-0.39, 0.29) is 11.1 Å². The molecule has 0 aromatic carbocycles. The average molecular weight is 251 g/mol. The molecule has 98 valence electrons. The number of ether oxygens (including phenoxy) is 2. The standard InChI is InChI=1S/C13H17NO4/c1-9-6-11(15)14(7-10(9)12(16)17-3)13(2)4-5-18-8-13/h6-7H,4-5,8H2,1-3H3. The zero-order valence-corrected chi connectivity index (χ0v) is 10.9. The molecular formula is C13H17NO4. The highest BCUT2D eigenvalue weighted by Crippen LogP contribution is 2.25. The third kappa shape index (κ3) is 2.06. The fourth-order valence-corrected chi connectivity index (χ4v) is 2.22. The number of carbonyl (C=O) groups excluding carboxylic acids is 1. The smallest absolute Gasteiger partial charge is 0.339 e. The Hall–Kier alpha value is -1.62. The van der Waals surface area contributed by atoms with Gasteiger partial charge < -0.3 is 14.0 Å². The van der Waals surface area contributed by atoms with Crippen molar-refractivity contribution in [3.05, 3.63) is 33.7 Å². The molecule has 0 N–H and O–H groups in total. The molecule has 0 radical (unpaired) electrons. The fraction of sp³-hybridized carbons (Fsp3) is 0.538. The quantitative estimate of drug-likeness (QED) is 0.738. The molecule has 18 heavy (non-hydrogen) atoms. The molecule has 1 aromatic heterocycles. The molecule has 1 aliphatic rings. The van der Waals surface area contributed by atoms with Crippen LogP contribution in [0.2, 0.25) is 0 Å². The molecule has 2 heterocycles. The van der Waals surface area contributed by atoms with Crippen molar-refractivity contribution >= 4 is 5.97 Å². The lowest BCUT2D eigenvalue weighted by atomic mass is 10.00. The summed E-state index contributed by atoms with van der Waals surface area (Å²) in [6.07, 6.45) is 2.34. The van der Waals surface area contributed by atoms with Crippen molar-refractivity contribution in [2.75, 3.05) is 20.3 Å². The summed E-state index contributed by atoms with van der Waals surface area (Å²) >= 11 is 0. The summed E-state index contributed by atoms with van der Waals surface area (Å²) in [5.74, 6) is -0.427. The molecule has 2 rings (SSSR count). The van der Waals surface area contributed by atoms with Crippen LogP contribution in [0.15, 0.2) is 17.1 Å². The molecule has 1 unspecified atom stereocenters. The lowest BCUT2D eigenvalue weighted by Gasteiger charge is -2.25. The predicted molar refractivity (Wildman–Crippen MR) is 65.9 cm³/mol. The minimum atomic E-state index is -0.427. The predicted octanol–water partition coefficient (Wildman–Crippen LogP) is 1.08. The minimum absolute atomic E-state index is 0.117. The van der Waals surface area contributed by atoms with E-state index in [1.807, 2.05) is 6.92 Å². The molecule has 0 spiro atoms. The first-order chi connectivity index (χ1) is 8.48. The Kier molecular flexibility index (Phi) is 3.26. The van der Waals surface area contributed by atoms with Gasteiger partial charge in [0.15, 0.2) is 0 Å². The Morgan fingerprint density at radius 3 is 2.83 bits per heavy atom. The first-order valence-corrected chi connectivity index (χ1v) is 5.88. The number of carbonyl (C=O) groups is 1. The Labute approximate surface area is 105 Å². The van der Waals surface area contributed by atoms with Crippen LogP contribution in [0.25, 0.3) is 0 Å². The Morgan fingerprint density at radius 1 is 1.56 bits per heavy atom. The van der Waals surface area contributed by atoms with Crippen LogP contribution < -0.4 is 5.56 Å². The number of methoxy groups -OCH3 is 1. The van der Waals surface area contributed by atoms with Gasteiger partial charge in [-0.3, -0.25) is 4.79 Å². The molecule has 1 fully saturated rings. The maximum Gasteiger partial charge on any atom is 0.339 e. The number of hydrogen-bond donors (Lipinski definition) is 0. The molecule has 1 saturated heterocycles. The van der Waals surface area contributed by atoms with Crippen molar-refractivity contribution in [2.45, 2.75) is 25.8 Å². The van der Waals surface area contributed by atoms with E-state index in [0.717, 1.165) is 6.42 Å². The summed E-state index contributed by atoms with van der Waals surface area (Å²) in [6, 6.07) is 1.47. The van der Waals surface area contributed by atoms with Crippen LogP contribution in [0.1, 0.15) is 29.3 Å². The number of aryl methyl sites for hydroxylation is 1. The van der Waals surface area contributed by atoms with Crippen LogP contribution in [0.4, 0.5) is 0 Å². The summed E-state index contributed by atoms with van der Waals surface area (Å²) in [5.41, 5.74) is 0.553. The minimum Gasteiger partial charge on any atom is -0.465 e. The SMILES string of the molecule is COC(=O)c1cn(C2(C)CCOC2)c(=O)cc1C. The molecular weight excluding hydrogens is 234 g/mol. The maximum atomic E-state index is 12.1. The van der Waals surface area contributed by atoms with Crippen LogP contribution in [-0.4, -0.2) is 30.9 Å². The molecule has 0 bridgehead atoms. The van der Waals surface area contributed by atoms with Gasteiger partial charge in [-0.2, -0.15) is 0 Å². The van der Waals surface area contributed by atoms with E-state index < -0.39 is 5.97 Å². The third-order valence-electron chi connectivity index (χ3n) is 3.45. The Balaban J connectivity index is 2.54. The largest absolute Gasteiger partial charge is 0.465 e. The fourth-order valence-electron chi connectivity index (χ4n) is 2.22. The van der Waals surface area contributed by atoms with E-state index in [9.17, 15) is 9.59 Å². The van der Waals surface area contributed by atoms with Gasteiger partial charge >= 0.3 is 5.97 Å². The van der Waals surface area contributed by atoms with E-state index in [2.05, 4.69) is 0 Å². The van der Waals surface area contributed by atoms with Gasteiger partial charge in [0.05, 0.1) is 24.8 Å². The van der Waals surface area contributed by atoms with Crippen molar-refractivity contribution < 1.29 is 14.3 Å². The van der Waals surface area contributed by atoms with E-state index in [1.54, 1.807) is 17.7 Å². The van der Waals surface area contributed by atoms with Crippen molar-refractivity contribution in [3.8, 4) is 0 Å². The van der Waals surface area contributed by atoms with E-state index in [1.165, 1.54) is 13.2 Å².